The predicted octanol–water partition coefficient (Wildman–Crippen LogP) is 5.50. The van der Waals surface area contributed by atoms with Gasteiger partial charge in [0, 0.05) is 15.4 Å². The quantitative estimate of drug-likeness (QED) is 0.630. The SMILES string of the molecule is CCCC(Cl)C(C)c1ccc(Cl)cc1Cl. The minimum Gasteiger partial charge on any atom is -0.122 e. The van der Waals surface area contributed by atoms with Gasteiger partial charge in [-0.1, -0.05) is 49.5 Å². The summed E-state index contributed by atoms with van der Waals surface area (Å²) >= 11 is 18.3. The molecule has 0 bridgehead atoms. The van der Waals surface area contributed by atoms with Crippen LogP contribution in [0.1, 0.15) is 38.2 Å². The van der Waals surface area contributed by atoms with E-state index in [9.17, 15) is 0 Å². The van der Waals surface area contributed by atoms with Crippen LogP contribution in [0.4, 0.5) is 0 Å². The Bertz CT molecular complexity index is 323. The molecule has 1 rings (SSSR count). The third kappa shape index (κ3) is 3.55. The van der Waals surface area contributed by atoms with Crippen LogP contribution < -0.4 is 0 Å². The zero-order valence-electron chi connectivity index (χ0n) is 8.93. The van der Waals surface area contributed by atoms with Crippen molar-refractivity contribution in [2.75, 3.05) is 0 Å². The molecule has 2 unspecified atom stereocenters. The molecule has 0 amide bonds. The first kappa shape index (κ1) is 13.2. The van der Waals surface area contributed by atoms with E-state index in [1.807, 2.05) is 12.1 Å². The molecule has 0 radical (unpaired) electrons. The second-order valence-corrected chi connectivity index (χ2v) is 5.16. The van der Waals surface area contributed by atoms with Crippen LogP contribution in [0.25, 0.3) is 0 Å². The maximum atomic E-state index is 6.29. The van der Waals surface area contributed by atoms with Gasteiger partial charge in [0.1, 0.15) is 0 Å². The lowest BCUT2D eigenvalue weighted by atomic mass is 9.95. The molecule has 1 aromatic rings. The van der Waals surface area contributed by atoms with Gasteiger partial charge < -0.3 is 0 Å². The Hall–Kier alpha value is 0.0900. The van der Waals surface area contributed by atoms with Gasteiger partial charge in [0.05, 0.1) is 0 Å². The summed E-state index contributed by atoms with van der Waals surface area (Å²) in [5, 5.41) is 1.50. The molecule has 0 aliphatic carbocycles. The van der Waals surface area contributed by atoms with Crippen LogP contribution in [0.15, 0.2) is 18.2 Å². The maximum absolute atomic E-state index is 6.29. The molecule has 1 aromatic carbocycles. The Labute approximate surface area is 107 Å². The average molecular weight is 266 g/mol. The van der Waals surface area contributed by atoms with Gasteiger partial charge in [-0.15, -0.1) is 11.6 Å². The largest absolute Gasteiger partial charge is 0.122 e. The smallest absolute Gasteiger partial charge is 0.0456 e. The van der Waals surface area contributed by atoms with Crippen molar-refractivity contribution in [3.05, 3.63) is 33.8 Å². The number of rotatable bonds is 4. The Kier molecular flexibility index (Phi) is 5.25. The van der Waals surface area contributed by atoms with Gasteiger partial charge in [-0.2, -0.15) is 0 Å². The fourth-order valence-electron chi connectivity index (χ4n) is 1.59. The Morgan fingerprint density at radius 3 is 2.47 bits per heavy atom. The fraction of sp³-hybridized carbons (Fsp3) is 0.500. The Morgan fingerprint density at radius 1 is 1.27 bits per heavy atom. The average Bonchev–Trinajstić information content (AvgIpc) is 2.17. The summed E-state index contributed by atoms with van der Waals surface area (Å²) < 4.78 is 0. The van der Waals surface area contributed by atoms with Crippen LogP contribution in [-0.4, -0.2) is 5.38 Å². The van der Waals surface area contributed by atoms with Gasteiger partial charge in [-0.05, 0) is 30.0 Å². The van der Waals surface area contributed by atoms with Crippen molar-refractivity contribution in [1.82, 2.24) is 0 Å². The van der Waals surface area contributed by atoms with E-state index in [0.717, 1.165) is 18.4 Å². The van der Waals surface area contributed by atoms with E-state index in [2.05, 4.69) is 13.8 Å². The van der Waals surface area contributed by atoms with Crippen molar-refractivity contribution in [2.45, 2.75) is 38.0 Å². The molecule has 0 spiro atoms. The Balaban J connectivity index is 2.86. The van der Waals surface area contributed by atoms with Crippen LogP contribution in [0.5, 0.6) is 0 Å². The topological polar surface area (TPSA) is 0 Å². The molecule has 0 saturated carbocycles. The van der Waals surface area contributed by atoms with E-state index in [4.69, 9.17) is 34.8 Å². The summed E-state index contributed by atoms with van der Waals surface area (Å²) in [5.41, 5.74) is 1.08. The normalized spacial score (nSPS) is 15.0. The van der Waals surface area contributed by atoms with Crippen molar-refractivity contribution in [2.24, 2.45) is 0 Å². The van der Waals surface area contributed by atoms with Crippen LogP contribution in [0.2, 0.25) is 10.0 Å². The van der Waals surface area contributed by atoms with E-state index in [-0.39, 0.29) is 11.3 Å². The molecule has 0 fully saturated rings. The monoisotopic (exact) mass is 264 g/mol. The lowest BCUT2D eigenvalue weighted by molar-refractivity contribution is 0.634. The molecule has 2 atom stereocenters. The second kappa shape index (κ2) is 5.98. The standard InChI is InChI=1S/C12H15Cl3/c1-3-4-11(14)8(2)10-6-5-9(13)7-12(10)15/h5-8,11H,3-4H2,1-2H3. The van der Waals surface area contributed by atoms with Crippen molar-refractivity contribution in [1.29, 1.82) is 0 Å². The first-order valence-electron chi connectivity index (χ1n) is 5.15. The van der Waals surface area contributed by atoms with Gasteiger partial charge in [-0.3, -0.25) is 0 Å². The zero-order valence-corrected chi connectivity index (χ0v) is 11.2. The summed E-state index contributed by atoms with van der Waals surface area (Å²) in [7, 11) is 0. The molecule has 0 heterocycles. The molecule has 15 heavy (non-hydrogen) atoms. The third-order valence-electron chi connectivity index (χ3n) is 2.56. The summed E-state index contributed by atoms with van der Waals surface area (Å²) in [5.74, 6) is 0.261. The summed E-state index contributed by atoms with van der Waals surface area (Å²) in [4.78, 5) is 0. The molecule has 0 saturated heterocycles. The maximum Gasteiger partial charge on any atom is 0.0456 e. The minimum atomic E-state index is 0.133. The molecule has 3 heteroatoms. The fourth-order valence-corrected chi connectivity index (χ4v) is 2.53. The summed E-state index contributed by atoms with van der Waals surface area (Å²) in [6.07, 6.45) is 2.09. The minimum absolute atomic E-state index is 0.133. The van der Waals surface area contributed by atoms with Crippen LogP contribution in [0.3, 0.4) is 0 Å². The van der Waals surface area contributed by atoms with Gasteiger partial charge >= 0.3 is 0 Å². The predicted molar refractivity (Wildman–Crippen MR) is 69.4 cm³/mol. The highest BCUT2D eigenvalue weighted by atomic mass is 35.5. The highest BCUT2D eigenvalue weighted by Crippen LogP contribution is 2.32. The molecule has 0 N–H and O–H groups in total. The zero-order chi connectivity index (χ0) is 11.4. The van der Waals surface area contributed by atoms with Crippen molar-refractivity contribution in [3.8, 4) is 0 Å². The van der Waals surface area contributed by atoms with Crippen molar-refractivity contribution >= 4 is 34.8 Å². The van der Waals surface area contributed by atoms with Crippen molar-refractivity contribution in [3.63, 3.8) is 0 Å². The van der Waals surface area contributed by atoms with Gasteiger partial charge in [0.25, 0.3) is 0 Å². The molecular weight excluding hydrogens is 250 g/mol. The summed E-state index contributed by atoms with van der Waals surface area (Å²) in [6.45, 7) is 4.23. The van der Waals surface area contributed by atoms with E-state index >= 15 is 0 Å². The second-order valence-electron chi connectivity index (χ2n) is 3.76. The van der Waals surface area contributed by atoms with E-state index in [0.29, 0.717) is 10.0 Å². The highest BCUT2D eigenvalue weighted by molar-refractivity contribution is 6.35. The molecule has 0 aliphatic heterocycles. The summed E-state index contributed by atoms with van der Waals surface area (Å²) in [6, 6.07) is 5.58. The third-order valence-corrected chi connectivity index (χ3v) is 3.72. The molecule has 84 valence electrons. The van der Waals surface area contributed by atoms with E-state index in [1.165, 1.54) is 0 Å². The number of hydrogen-bond acceptors (Lipinski definition) is 0. The van der Waals surface area contributed by atoms with Crippen LogP contribution in [0, 0.1) is 0 Å². The number of alkyl halides is 1. The molecule has 0 nitrogen and oxygen atoms in total. The number of benzene rings is 1. The first-order chi connectivity index (χ1) is 7.06. The van der Waals surface area contributed by atoms with Crippen molar-refractivity contribution < 1.29 is 0 Å². The highest BCUT2D eigenvalue weighted by Gasteiger charge is 2.18. The van der Waals surface area contributed by atoms with Gasteiger partial charge in [0.2, 0.25) is 0 Å². The number of halogens is 3. The van der Waals surface area contributed by atoms with Gasteiger partial charge in [-0.25, -0.2) is 0 Å². The lowest BCUT2D eigenvalue weighted by Crippen LogP contribution is -2.09. The van der Waals surface area contributed by atoms with Crippen LogP contribution >= 0.6 is 34.8 Å². The molecule has 0 aliphatic rings. The van der Waals surface area contributed by atoms with Crippen LogP contribution in [-0.2, 0) is 0 Å². The van der Waals surface area contributed by atoms with E-state index < -0.39 is 0 Å². The van der Waals surface area contributed by atoms with Gasteiger partial charge in [0.15, 0.2) is 0 Å². The molecular formula is C12H15Cl3. The van der Waals surface area contributed by atoms with E-state index in [1.54, 1.807) is 6.07 Å². The lowest BCUT2D eigenvalue weighted by Gasteiger charge is -2.19. The molecule has 0 aromatic heterocycles. The Morgan fingerprint density at radius 2 is 1.93 bits per heavy atom. The number of hydrogen-bond donors (Lipinski definition) is 0. The first-order valence-corrected chi connectivity index (χ1v) is 6.34.